The van der Waals surface area contributed by atoms with Gasteiger partial charge in [0.05, 0.1) is 24.4 Å². The van der Waals surface area contributed by atoms with Gasteiger partial charge in [0.25, 0.3) is 5.92 Å². The first-order chi connectivity index (χ1) is 15.8. The van der Waals surface area contributed by atoms with Crippen molar-refractivity contribution in [1.29, 1.82) is 0 Å². The highest BCUT2D eigenvalue weighted by molar-refractivity contribution is 5.27. The fourth-order valence-electron chi connectivity index (χ4n) is 3.40. The average molecular weight is 460 g/mol. The second-order valence-corrected chi connectivity index (χ2v) is 7.39. The lowest BCUT2D eigenvalue weighted by Crippen LogP contribution is -2.30. The molecule has 11 heteroatoms. The molecule has 0 fully saturated rings. The molecule has 2 aromatic carbocycles. The first-order valence-electron chi connectivity index (χ1n) is 9.92. The Balaban J connectivity index is 1.58. The summed E-state index contributed by atoms with van der Waals surface area (Å²) in [7, 11) is 0. The quantitative estimate of drug-likeness (QED) is 0.368. The molecule has 0 radical (unpaired) electrons. The van der Waals surface area contributed by atoms with Crippen LogP contribution < -0.4 is 0 Å². The van der Waals surface area contributed by atoms with E-state index < -0.39 is 41.3 Å². The van der Waals surface area contributed by atoms with E-state index in [2.05, 4.69) is 25.5 Å². The maximum Gasteiger partial charge on any atom is 0.299 e. The Hall–Kier alpha value is -3.76. The van der Waals surface area contributed by atoms with Crippen LogP contribution in [0.1, 0.15) is 28.4 Å². The maximum absolute atomic E-state index is 15.5. The van der Waals surface area contributed by atoms with Gasteiger partial charge in [0, 0.05) is 12.3 Å². The molecule has 2 aromatic heterocycles. The Labute approximate surface area is 185 Å². The van der Waals surface area contributed by atoms with E-state index in [0.29, 0.717) is 24.6 Å². The van der Waals surface area contributed by atoms with Gasteiger partial charge < -0.3 is 0 Å². The summed E-state index contributed by atoms with van der Waals surface area (Å²) in [4.78, 5) is 7.94. The second kappa shape index (κ2) is 9.39. The molecule has 2 heterocycles. The zero-order chi connectivity index (χ0) is 23.4. The summed E-state index contributed by atoms with van der Waals surface area (Å²) in [5, 5.41) is 10.4. The summed E-state index contributed by atoms with van der Waals surface area (Å²) in [6, 6.07) is 8.36. The van der Waals surface area contributed by atoms with E-state index in [0.717, 1.165) is 34.9 Å². The third-order valence-electron chi connectivity index (χ3n) is 5.17. The molecule has 0 aliphatic heterocycles. The van der Waals surface area contributed by atoms with Gasteiger partial charge in [-0.05, 0) is 52.6 Å². The van der Waals surface area contributed by atoms with Crippen LogP contribution in [0.2, 0.25) is 0 Å². The van der Waals surface area contributed by atoms with Crippen LogP contribution in [0.3, 0.4) is 0 Å². The molecule has 0 saturated heterocycles. The monoisotopic (exact) mass is 460 g/mol. The van der Waals surface area contributed by atoms with Gasteiger partial charge in [0.15, 0.2) is 0 Å². The fraction of sp³-hybridized carbons (Fsp3) is 0.227. The molecule has 170 valence electrons. The van der Waals surface area contributed by atoms with Crippen molar-refractivity contribution in [2.24, 2.45) is 0 Å². The molecule has 0 amide bonds. The molecular weight excluding hydrogens is 443 g/mol. The van der Waals surface area contributed by atoms with Crippen LogP contribution in [0.15, 0.2) is 61.2 Å². The SMILES string of the molecule is Fc1ccc(CCc2cnc(C(F)(F)C(Cn3cnnn3)c3ccc(F)cc3F)cn2)cc1. The maximum atomic E-state index is 15.5. The topological polar surface area (TPSA) is 69.4 Å². The minimum Gasteiger partial charge on any atom is -0.258 e. The van der Waals surface area contributed by atoms with E-state index in [4.69, 9.17) is 0 Å². The standard InChI is InChI=1S/C22H17F5N6/c23-15-4-1-14(2-5-15)3-7-17-10-29-21(11-28-17)22(26,27)19(12-33-13-30-31-32-33)18-8-6-16(24)9-20(18)25/h1-2,4-6,8-11,13,19H,3,7,12H2. The summed E-state index contributed by atoms with van der Waals surface area (Å²) in [5.41, 5.74) is 0.249. The van der Waals surface area contributed by atoms with Crippen molar-refractivity contribution in [2.75, 3.05) is 0 Å². The normalized spacial score (nSPS) is 12.6. The van der Waals surface area contributed by atoms with Crippen molar-refractivity contribution in [3.63, 3.8) is 0 Å². The largest absolute Gasteiger partial charge is 0.299 e. The van der Waals surface area contributed by atoms with Crippen molar-refractivity contribution < 1.29 is 22.0 Å². The van der Waals surface area contributed by atoms with E-state index >= 15 is 8.78 Å². The molecule has 33 heavy (non-hydrogen) atoms. The summed E-state index contributed by atoms with van der Waals surface area (Å²) < 4.78 is 72.9. The lowest BCUT2D eigenvalue weighted by Gasteiger charge is -2.26. The minimum atomic E-state index is -3.67. The predicted octanol–water partition coefficient (Wildman–Crippen LogP) is 4.24. The minimum absolute atomic E-state index is 0.348. The molecule has 0 bridgehead atoms. The van der Waals surface area contributed by atoms with Crippen LogP contribution in [-0.2, 0) is 25.3 Å². The summed E-state index contributed by atoms with van der Waals surface area (Å²) in [6.45, 7) is -0.476. The van der Waals surface area contributed by atoms with Crippen LogP contribution in [0, 0.1) is 17.5 Å². The van der Waals surface area contributed by atoms with Crippen molar-refractivity contribution in [3.8, 4) is 0 Å². The Morgan fingerprint density at radius 3 is 2.27 bits per heavy atom. The highest BCUT2D eigenvalue weighted by Gasteiger charge is 2.45. The molecule has 6 nitrogen and oxygen atoms in total. The number of rotatable bonds is 8. The number of benzene rings is 2. The molecule has 0 aliphatic rings. The molecule has 0 spiro atoms. The number of nitrogens with zero attached hydrogens (tertiary/aromatic N) is 6. The number of aromatic nitrogens is 6. The number of aryl methyl sites for hydroxylation is 2. The Bertz CT molecular complexity index is 1200. The van der Waals surface area contributed by atoms with Crippen molar-refractivity contribution in [3.05, 3.63) is 101 Å². The second-order valence-electron chi connectivity index (χ2n) is 7.39. The third kappa shape index (κ3) is 5.18. The Morgan fingerprint density at radius 1 is 0.879 bits per heavy atom. The highest BCUT2D eigenvalue weighted by atomic mass is 19.3. The molecule has 0 N–H and O–H groups in total. The van der Waals surface area contributed by atoms with Gasteiger partial charge in [-0.2, -0.15) is 8.78 Å². The van der Waals surface area contributed by atoms with Crippen LogP contribution in [0.25, 0.3) is 0 Å². The van der Waals surface area contributed by atoms with Crippen LogP contribution in [-0.4, -0.2) is 30.2 Å². The van der Waals surface area contributed by atoms with E-state index in [-0.39, 0.29) is 5.82 Å². The zero-order valence-corrected chi connectivity index (χ0v) is 17.0. The average Bonchev–Trinajstić information content (AvgIpc) is 3.31. The van der Waals surface area contributed by atoms with Crippen LogP contribution >= 0.6 is 0 Å². The lowest BCUT2D eigenvalue weighted by atomic mass is 9.90. The smallest absolute Gasteiger partial charge is 0.258 e. The summed E-state index contributed by atoms with van der Waals surface area (Å²) >= 11 is 0. The fourth-order valence-corrected chi connectivity index (χ4v) is 3.40. The van der Waals surface area contributed by atoms with Crippen LogP contribution in [0.4, 0.5) is 22.0 Å². The lowest BCUT2D eigenvalue weighted by molar-refractivity contribution is -0.0459. The van der Waals surface area contributed by atoms with Gasteiger partial charge in [-0.1, -0.05) is 18.2 Å². The van der Waals surface area contributed by atoms with Crippen molar-refractivity contribution >= 4 is 0 Å². The third-order valence-corrected chi connectivity index (χ3v) is 5.17. The van der Waals surface area contributed by atoms with E-state index in [1.54, 1.807) is 12.1 Å². The molecule has 0 aliphatic carbocycles. The molecule has 1 unspecified atom stereocenters. The van der Waals surface area contributed by atoms with E-state index in [1.165, 1.54) is 18.3 Å². The number of alkyl halides is 2. The number of hydrogen-bond donors (Lipinski definition) is 0. The Kier molecular flexibility index (Phi) is 6.38. The highest BCUT2D eigenvalue weighted by Crippen LogP contribution is 2.43. The zero-order valence-electron chi connectivity index (χ0n) is 17.0. The summed E-state index contributed by atoms with van der Waals surface area (Å²) in [5.74, 6) is -7.80. The van der Waals surface area contributed by atoms with Crippen molar-refractivity contribution in [1.82, 2.24) is 30.2 Å². The molecule has 4 rings (SSSR count). The van der Waals surface area contributed by atoms with Gasteiger partial charge in [0.1, 0.15) is 29.5 Å². The molecular formula is C22H17F5N6. The first kappa shape index (κ1) is 22.4. The number of tetrazole rings is 1. The predicted molar refractivity (Wildman–Crippen MR) is 107 cm³/mol. The van der Waals surface area contributed by atoms with Gasteiger partial charge in [-0.25, -0.2) is 17.9 Å². The van der Waals surface area contributed by atoms with Gasteiger partial charge in [-0.3, -0.25) is 9.97 Å². The van der Waals surface area contributed by atoms with Gasteiger partial charge in [-0.15, -0.1) is 5.10 Å². The summed E-state index contributed by atoms with van der Waals surface area (Å²) in [6.07, 6.45) is 4.21. The van der Waals surface area contributed by atoms with Crippen LogP contribution in [0.5, 0.6) is 0 Å². The Morgan fingerprint density at radius 2 is 1.64 bits per heavy atom. The number of halogens is 5. The molecule has 1 atom stereocenters. The van der Waals surface area contributed by atoms with Gasteiger partial charge >= 0.3 is 0 Å². The first-order valence-corrected chi connectivity index (χ1v) is 9.92. The molecule has 4 aromatic rings. The number of hydrogen-bond acceptors (Lipinski definition) is 5. The van der Waals surface area contributed by atoms with E-state index in [9.17, 15) is 13.2 Å². The molecule has 0 saturated carbocycles. The van der Waals surface area contributed by atoms with Crippen molar-refractivity contribution in [2.45, 2.75) is 31.2 Å². The van der Waals surface area contributed by atoms with E-state index in [1.807, 2.05) is 0 Å². The van der Waals surface area contributed by atoms with Gasteiger partial charge in [0.2, 0.25) is 0 Å².